The van der Waals surface area contributed by atoms with Gasteiger partial charge in [0.15, 0.2) is 0 Å². The summed E-state index contributed by atoms with van der Waals surface area (Å²) in [6.07, 6.45) is 3.22. The first kappa shape index (κ1) is 22.3. The minimum Gasteiger partial charge on any atom is -0.507 e. The van der Waals surface area contributed by atoms with E-state index in [1.165, 1.54) is 4.90 Å². The number of amides is 1. The highest BCUT2D eigenvalue weighted by molar-refractivity contribution is 6.51. The molecule has 3 aromatic rings. The molecule has 6 heteroatoms. The van der Waals surface area contributed by atoms with Crippen molar-refractivity contribution in [1.82, 2.24) is 4.98 Å². The van der Waals surface area contributed by atoms with Crippen molar-refractivity contribution in [2.24, 2.45) is 0 Å². The number of pyridine rings is 1. The first-order valence-corrected chi connectivity index (χ1v) is 10.7. The molecule has 33 heavy (non-hydrogen) atoms. The molecule has 0 bridgehead atoms. The molecule has 0 saturated carbocycles. The van der Waals surface area contributed by atoms with E-state index in [0.29, 0.717) is 22.6 Å². The molecule has 1 N–H and O–H groups in total. The Kier molecular flexibility index (Phi) is 5.77. The van der Waals surface area contributed by atoms with Gasteiger partial charge in [0.2, 0.25) is 0 Å². The standard InChI is InChI=1S/C27H26N2O4/c1-15-6-7-16(2)21(12-15)29-24(19-8-10-28-11-9-19)23(26(31)27(29)32)25(30)20-13-18(4)22(33-5)14-17(20)3/h6-14,24,30H,1-5H3/b25-23+. The molecular weight excluding hydrogens is 416 g/mol. The largest absolute Gasteiger partial charge is 0.507 e. The van der Waals surface area contributed by atoms with Crippen LogP contribution in [0.5, 0.6) is 5.75 Å². The van der Waals surface area contributed by atoms with Crippen molar-refractivity contribution >= 4 is 23.1 Å². The van der Waals surface area contributed by atoms with Crippen molar-refractivity contribution in [3.8, 4) is 5.75 Å². The molecule has 2 aromatic carbocycles. The number of benzene rings is 2. The Morgan fingerprint density at radius 3 is 2.30 bits per heavy atom. The van der Waals surface area contributed by atoms with Crippen LogP contribution in [0, 0.1) is 27.7 Å². The van der Waals surface area contributed by atoms with Crippen LogP contribution in [0.15, 0.2) is 60.4 Å². The van der Waals surface area contributed by atoms with Gasteiger partial charge >= 0.3 is 0 Å². The Hall–Kier alpha value is -3.93. The van der Waals surface area contributed by atoms with Crippen molar-refractivity contribution in [2.45, 2.75) is 33.7 Å². The SMILES string of the molecule is COc1cc(C)c(/C(O)=C2\C(=O)C(=O)N(c3cc(C)ccc3C)C2c2ccncc2)cc1C. The zero-order valence-electron chi connectivity index (χ0n) is 19.3. The van der Waals surface area contributed by atoms with E-state index in [4.69, 9.17) is 4.74 Å². The van der Waals surface area contributed by atoms with Gasteiger partial charge in [0.05, 0.1) is 18.7 Å². The zero-order chi connectivity index (χ0) is 23.9. The van der Waals surface area contributed by atoms with E-state index in [1.807, 2.05) is 52.0 Å². The number of aryl methyl sites for hydroxylation is 4. The first-order chi connectivity index (χ1) is 15.7. The number of ketones is 1. The second-order valence-corrected chi connectivity index (χ2v) is 8.38. The molecule has 1 fully saturated rings. The molecule has 0 aliphatic carbocycles. The number of hydrogen-bond acceptors (Lipinski definition) is 5. The van der Waals surface area contributed by atoms with Crippen LogP contribution in [0.4, 0.5) is 5.69 Å². The van der Waals surface area contributed by atoms with E-state index in [2.05, 4.69) is 4.98 Å². The second kappa shape index (κ2) is 8.54. The quantitative estimate of drug-likeness (QED) is 0.351. The Balaban J connectivity index is 1.99. The van der Waals surface area contributed by atoms with Crippen LogP contribution in [0.2, 0.25) is 0 Å². The van der Waals surface area contributed by atoms with Gasteiger partial charge in [-0.15, -0.1) is 0 Å². The van der Waals surface area contributed by atoms with Gasteiger partial charge in [0, 0.05) is 23.6 Å². The molecule has 1 saturated heterocycles. The van der Waals surface area contributed by atoms with Gasteiger partial charge in [0.1, 0.15) is 11.5 Å². The Morgan fingerprint density at radius 2 is 1.64 bits per heavy atom. The monoisotopic (exact) mass is 442 g/mol. The number of aliphatic hydroxyl groups is 1. The van der Waals surface area contributed by atoms with Gasteiger partial charge in [-0.1, -0.05) is 12.1 Å². The van der Waals surface area contributed by atoms with Crippen molar-refractivity contribution in [3.63, 3.8) is 0 Å². The average molecular weight is 443 g/mol. The number of carbonyl (C=O) groups is 2. The molecule has 168 valence electrons. The fraction of sp³-hybridized carbons (Fsp3) is 0.222. The Morgan fingerprint density at radius 1 is 0.939 bits per heavy atom. The summed E-state index contributed by atoms with van der Waals surface area (Å²) in [6, 6.07) is 12.1. The number of rotatable bonds is 4. The summed E-state index contributed by atoms with van der Waals surface area (Å²) in [7, 11) is 1.58. The number of anilines is 1. The minimum atomic E-state index is -0.782. The molecule has 1 aromatic heterocycles. The molecule has 0 radical (unpaired) electrons. The lowest BCUT2D eigenvalue weighted by Crippen LogP contribution is -2.30. The molecule has 1 atom stereocenters. The third-order valence-electron chi connectivity index (χ3n) is 6.09. The highest BCUT2D eigenvalue weighted by atomic mass is 16.5. The number of Topliss-reactive ketones (excluding diaryl/α,β-unsaturated/α-hetero) is 1. The summed E-state index contributed by atoms with van der Waals surface area (Å²) in [5, 5.41) is 11.4. The summed E-state index contributed by atoms with van der Waals surface area (Å²) in [4.78, 5) is 32.3. The number of nitrogens with zero attached hydrogens (tertiary/aromatic N) is 2. The molecular formula is C27H26N2O4. The van der Waals surface area contributed by atoms with Gasteiger partial charge in [-0.3, -0.25) is 19.5 Å². The molecule has 4 rings (SSSR count). The number of aromatic nitrogens is 1. The first-order valence-electron chi connectivity index (χ1n) is 10.7. The van der Waals surface area contributed by atoms with Gasteiger partial charge in [-0.2, -0.15) is 0 Å². The maximum atomic E-state index is 13.4. The fourth-order valence-electron chi connectivity index (χ4n) is 4.33. The maximum absolute atomic E-state index is 13.4. The molecule has 1 aliphatic rings. The number of aliphatic hydroxyl groups excluding tert-OH is 1. The highest BCUT2D eigenvalue weighted by Gasteiger charge is 2.47. The van der Waals surface area contributed by atoms with E-state index in [0.717, 1.165) is 22.3 Å². The summed E-state index contributed by atoms with van der Waals surface area (Å²) in [6.45, 7) is 7.53. The third kappa shape index (κ3) is 3.78. The normalized spacial score (nSPS) is 17.5. The van der Waals surface area contributed by atoms with Gasteiger partial charge in [-0.05, 0) is 85.8 Å². The van der Waals surface area contributed by atoms with Crippen LogP contribution < -0.4 is 9.64 Å². The zero-order valence-corrected chi connectivity index (χ0v) is 19.3. The number of ether oxygens (including phenoxy) is 1. The van der Waals surface area contributed by atoms with Gasteiger partial charge in [-0.25, -0.2) is 0 Å². The van der Waals surface area contributed by atoms with E-state index in [1.54, 1.807) is 37.7 Å². The van der Waals surface area contributed by atoms with Crippen LogP contribution in [-0.2, 0) is 9.59 Å². The molecule has 2 heterocycles. The van der Waals surface area contributed by atoms with Crippen LogP contribution in [0.25, 0.3) is 5.76 Å². The summed E-state index contributed by atoms with van der Waals surface area (Å²) >= 11 is 0. The molecule has 1 unspecified atom stereocenters. The minimum absolute atomic E-state index is 0.0553. The second-order valence-electron chi connectivity index (χ2n) is 8.38. The molecule has 1 amide bonds. The Labute approximate surface area is 193 Å². The van der Waals surface area contributed by atoms with Crippen LogP contribution >= 0.6 is 0 Å². The topological polar surface area (TPSA) is 79.7 Å². The van der Waals surface area contributed by atoms with Crippen LogP contribution in [0.3, 0.4) is 0 Å². The third-order valence-corrected chi connectivity index (χ3v) is 6.09. The van der Waals surface area contributed by atoms with Gasteiger partial charge < -0.3 is 9.84 Å². The van der Waals surface area contributed by atoms with Crippen LogP contribution in [0.1, 0.15) is 39.4 Å². The molecule has 1 aliphatic heterocycles. The van der Waals surface area contributed by atoms with Gasteiger partial charge in [0.25, 0.3) is 11.7 Å². The summed E-state index contributed by atoms with van der Waals surface area (Å²) in [5.41, 5.74) is 5.25. The van der Waals surface area contributed by atoms with E-state index >= 15 is 0 Å². The summed E-state index contributed by atoms with van der Waals surface area (Å²) in [5.74, 6) is -0.908. The van der Waals surface area contributed by atoms with Crippen molar-refractivity contribution in [3.05, 3.63) is 93.8 Å². The van der Waals surface area contributed by atoms with Crippen LogP contribution in [-0.4, -0.2) is 28.9 Å². The lowest BCUT2D eigenvalue weighted by Gasteiger charge is -2.27. The predicted octanol–water partition coefficient (Wildman–Crippen LogP) is 4.95. The lowest BCUT2D eigenvalue weighted by atomic mass is 9.93. The fourth-order valence-corrected chi connectivity index (χ4v) is 4.33. The molecule has 6 nitrogen and oxygen atoms in total. The number of carbonyl (C=O) groups excluding carboxylic acids is 2. The number of hydrogen-bond donors (Lipinski definition) is 1. The van der Waals surface area contributed by atoms with E-state index in [-0.39, 0.29) is 11.3 Å². The highest BCUT2D eigenvalue weighted by Crippen LogP contribution is 2.43. The lowest BCUT2D eigenvalue weighted by molar-refractivity contribution is -0.132. The smallest absolute Gasteiger partial charge is 0.300 e. The Bertz CT molecular complexity index is 1290. The predicted molar refractivity (Wildman–Crippen MR) is 127 cm³/mol. The molecule has 0 spiro atoms. The maximum Gasteiger partial charge on any atom is 0.300 e. The van der Waals surface area contributed by atoms with E-state index < -0.39 is 17.7 Å². The van der Waals surface area contributed by atoms with Crippen molar-refractivity contribution in [2.75, 3.05) is 12.0 Å². The van der Waals surface area contributed by atoms with Crippen molar-refractivity contribution < 1.29 is 19.4 Å². The van der Waals surface area contributed by atoms with Crippen molar-refractivity contribution in [1.29, 1.82) is 0 Å². The van der Waals surface area contributed by atoms with E-state index in [9.17, 15) is 14.7 Å². The summed E-state index contributed by atoms with van der Waals surface area (Å²) < 4.78 is 5.38. The number of methoxy groups -OCH3 is 1. The average Bonchev–Trinajstić information content (AvgIpc) is 3.07.